The Labute approximate surface area is 92.1 Å². The highest BCUT2D eigenvalue weighted by Crippen LogP contribution is 2.11. The van der Waals surface area contributed by atoms with E-state index < -0.39 is 5.97 Å². The van der Waals surface area contributed by atoms with Crippen molar-refractivity contribution in [2.45, 2.75) is 12.8 Å². The van der Waals surface area contributed by atoms with Crippen LogP contribution in [0.4, 0.5) is 0 Å². The summed E-state index contributed by atoms with van der Waals surface area (Å²) in [5.41, 5.74) is 0. The molecule has 0 aromatic carbocycles. The Hall–Kier alpha value is -1.36. The van der Waals surface area contributed by atoms with Crippen LogP contribution < -0.4 is 0 Å². The van der Waals surface area contributed by atoms with Gasteiger partial charge in [0.1, 0.15) is 0 Å². The van der Waals surface area contributed by atoms with Crippen LogP contribution in [0.2, 0.25) is 0 Å². The molecule has 15 heavy (non-hydrogen) atoms. The van der Waals surface area contributed by atoms with Crippen molar-refractivity contribution in [3.05, 3.63) is 22.4 Å². The number of carbonyl (C=O) groups is 2. The van der Waals surface area contributed by atoms with Gasteiger partial charge in [0.15, 0.2) is 0 Å². The van der Waals surface area contributed by atoms with Gasteiger partial charge in [-0.25, -0.2) is 0 Å². The van der Waals surface area contributed by atoms with E-state index in [-0.39, 0.29) is 12.3 Å². The molecule has 1 amide bonds. The molecule has 0 saturated carbocycles. The molecular weight excluding hydrogens is 214 g/mol. The number of carbonyl (C=O) groups excluding carboxylic acids is 1. The van der Waals surface area contributed by atoms with Crippen molar-refractivity contribution in [2.24, 2.45) is 0 Å². The highest BCUT2D eigenvalue weighted by Gasteiger charge is 2.12. The molecule has 0 radical (unpaired) electrons. The average Bonchev–Trinajstić information content (AvgIpc) is 2.68. The maximum absolute atomic E-state index is 11.7. The molecule has 1 aromatic heterocycles. The van der Waals surface area contributed by atoms with Crippen LogP contribution in [0.25, 0.3) is 0 Å². The number of rotatable bonds is 5. The van der Waals surface area contributed by atoms with Gasteiger partial charge in [-0.05, 0) is 17.9 Å². The zero-order valence-corrected chi connectivity index (χ0v) is 9.29. The fourth-order valence-electron chi connectivity index (χ4n) is 1.16. The molecule has 0 fully saturated rings. The third kappa shape index (κ3) is 3.71. The topological polar surface area (TPSA) is 57.6 Å². The lowest BCUT2D eigenvalue weighted by Crippen LogP contribution is -2.27. The Balaban J connectivity index is 2.37. The maximum Gasteiger partial charge on any atom is 0.303 e. The largest absolute Gasteiger partial charge is 0.481 e. The summed E-state index contributed by atoms with van der Waals surface area (Å²) in [6.07, 6.45) is 0.588. The molecule has 0 saturated heterocycles. The van der Waals surface area contributed by atoms with E-state index in [1.807, 2.05) is 11.4 Å². The summed E-state index contributed by atoms with van der Waals surface area (Å²) >= 11 is 1.39. The van der Waals surface area contributed by atoms with Crippen LogP contribution in [0.5, 0.6) is 0 Å². The van der Waals surface area contributed by atoms with Gasteiger partial charge in [0.05, 0.1) is 4.88 Å². The second-order valence-corrected chi connectivity index (χ2v) is 4.15. The number of carboxylic acids is 1. The average molecular weight is 227 g/mol. The van der Waals surface area contributed by atoms with Gasteiger partial charge >= 0.3 is 5.97 Å². The van der Waals surface area contributed by atoms with Crippen molar-refractivity contribution in [1.82, 2.24) is 4.90 Å². The van der Waals surface area contributed by atoms with Gasteiger partial charge < -0.3 is 10.0 Å². The van der Waals surface area contributed by atoms with E-state index in [0.29, 0.717) is 17.8 Å². The van der Waals surface area contributed by atoms with Gasteiger partial charge in [-0.1, -0.05) is 6.07 Å². The standard InChI is InChI=1S/C10H13NO3S/c1-11(6-2-5-9(12)13)10(14)8-4-3-7-15-8/h3-4,7H,2,5-6H2,1H3,(H,12,13). The molecule has 82 valence electrons. The minimum Gasteiger partial charge on any atom is -0.481 e. The molecular formula is C10H13NO3S. The summed E-state index contributed by atoms with van der Waals surface area (Å²) in [6, 6.07) is 3.59. The molecule has 0 aliphatic rings. The second-order valence-electron chi connectivity index (χ2n) is 3.20. The van der Waals surface area contributed by atoms with Crippen LogP contribution in [0, 0.1) is 0 Å². The number of thiophene rings is 1. The Morgan fingerprint density at radius 2 is 2.27 bits per heavy atom. The molecule has 4 nitrogen and oxygen atoms in total. The number of hydrogen-bond acceptors (Lipinski definition) is 3. The molecule has 0 unspecified atom stereocenters. The first-order valence-corrected chi connectivity index (χ1v) is 5.50. The Morgan fingerprint density at radius 1 is 1.53 bits per heavy atom. The summed E-state index contributed by atoms with van der Waals surface area (Å²) in [7, 11) is 1.68. The van der Waals surface area contributed by atoms with Crippen LogP contribution in [0.15, 0.2) is 17.5 Å². The predicted octanol–water partition coefficient (Wildman–Crippen LogP) is 1.68. The summed E-state index contributed by atoms with van der Waals surface area (Å²) < 4.78 is 0. The van der Waals surface area contributed by atoms with Gasteiger partial charge in [0.2, 0.25) is 0 Å². The molecule has 5 heteroatoms. The van der Waals surface area contributed by atoms with E-state index in [4.69, 9.17) is 5.11 Å². The van der Waals surface area contributed by atoms with Crippen molar-refractivity contribution in [3.8, 4) is 0 Å². The molecule has 1 rings (SSSR count). The van der Waals surface area contributed by atoms with Crippen LogP contribution in [-0.2, 0) is 4.79 Å². The number of hydrogen-bond donors (Lipinski definition) is 1. The fraction of sp³-hybridized carbons (Fsp3) is 0.400. The fourth-order valence-corrected chi connectivity index (χ4v) is 1.87. The van der Waals surface area contributed by atoms with Crippen LogP contribution in [0.3, 0.4) is 0 Å². The van der Waals surface area contributed by atoms with Crippen molar-refractivity contribution >= 4 is 23.2 Å². The van der Waals surface area contributed by atoms with E-state index in [0.717, 1.165) is 0 Å². The Morgan fingerprint density at radius 3 is 2.80 bits per heavy atom. The number of nitrogens with zero attached hydrogens (tertiary/aromatic N) is 1. The van der Waals surface area contributed by atoms with E-state index in [1.165, 1.54) is 11.3 Å². The van der Waals surface area contributed by atoms with Crippen LogP contribution in [0.1, 0.15) is 22.5 Å². The molecule has 0 atom stereocenters. The second kappa shape index (κ2) is 5.50. The monoisotopic (exact) mass is 227 g/mol. The molecule has 0 spiro atoms. The number of aliphatic carboxylic acids is 1. The van der Waals surface area contributed by atoms with E-state index in [9.17, 15) is 9.59 Å². The van der Waals surface area contributed by atoms with Crippen molar-refractivity contribution < 1.29 is 14.7 Å². The first-order chi connectivity index (χ1) is 7.11. The zero-order chi connectivity index (χ0) is 11.3. The van der Waals surface area contributed by atoms with E-state index in [1.54, 1.807) is 18.0 Å². The lowest BCUT2D eigenvalue weighted by molar-refractivity contribution is -0.137. The molecule has 0 bridgehead atoms. The molecule has 1 aromatic rings. The predicted molar refractivity (Wildman–Crippen MR) is 58.1 cm³/mol. The first kappa shape index (κ1) is 11.7. The van der Waals surface area contributed by atoms with Crippen LogP contribution in [-0.4, -0.2) is 35.5 Å². The number of carboxylic acid groups (broad SMARTS) is 1. The lowest BCUT2D eigenvalue weighted by atomic mass is 10.3. The molecule has 0 aliphatic heterocycles. The smallest absolute Gasteiger partial charge is 0.303 e. The third-order valence-electron chi connectivity index (χ3n) is 1.96. The van der Waals surface area contributed by atoms with Gasteiger partial charge in [-0.3, -0.25) is 9.59 Å². The lowest BCUT2D eigenvalue weighted by Gasteiger charge is -2.15. The number of amides is 1. The van der Waals surface area contributed by atoms with Gasteiger partial charge in [-0.15, -0.1) is 11.3 Å². The quantitative estimate of drug-likeness (QED) is 0.832. The molecule has 1 N–H and O–H groups in total. The van der Waals surface area contributed by atoms with Crippen molar-refractivity contribution in [2.75, 3.05) is 13.6 Å². The molecule has 1 heterocycles. The Kier molecular flexibility index (Phi) is 4.30. The van der Waals surface area contributed by atoms with E-state index in [2.05, 4.69) is 0 Å². The minimum atomic E-state index is -0.827. The summed E-state index contributed by atoms with van der Waals surface area (Å²) in [6.45, 7) is 0.475. The summed E-state index contributed by atoms with van der Waals surface area (Å²) in [5, 5.41) is 10.3. The normalized spacial score (nSPS) is 9.93. The van der Waals surface area contributed by atoms with Gasteiger partial charge in [0, 0.05) is 20.0 Å². The van der Waals surface area contributed by atoms with E-state index >= 15 is 0 Å². The highest BCUT2D eigenvalue weighted by atomic mass is 32.1. The van der Waals surface area contributed by atoms with Crippen LogP contribution >= 0.6 is 11.3 Å². The first-order valence-electron chi connectivity index (χ1n) is 4.62. The SMILES string of the molecule is CN(CCCC(=O)O)C(=O)c1cccs1. The van der Waals surface area contributed by atoms with Gasteiger partial charge in [-0.2, -0.15) is 0 Å². The Bertz CT molecular complexity index is 334. The third-order valence-corrected chi connectivity index (χ3v) is 2.82. The zero-order valence-electron chi connectivity index (χ0n) is 8.47. The minimum absolute atomic E-state index is 0.0459. The van der Waals surface area contributed by atoms with Crippen molar-refractivity contribution in [3.63, 3.8) is 0 Å². The maximum atomic E-state index is 11.7. The van der Waals surface area contributed by atoms with Gasteiger partial charge in [0.25, 0.3) is 5.91 Å². The summed E-state index contributed by atoms with van der Waals surface area (Å²) in [4.78, 5) is 24.2. The molecule has 0 aliphatic carbocycles. The van der Waals surface area contributed by atoms with Crippen molar-refractivity contribution in [1.29, 1.82) is 0 Å². The highest BCUT2D eigenvalue weighted by molar-refractivity contribution is 7.12. The summed E-state index contributed by atoms with van der Waals surface area (Å²) in [5.74, 6) is -0.873.